The number of carbonyl (C=O) groups excluding carboxylic acids is 1. The van der Waals surface area contributed by atoms with Crippen molar-refractivity contribution in [1.29, 1.82) is 0 Å². The number of piperazine rings is 1. The van der Waals surface area contributed by atoms with Gasteiger partial charge >= 0.3 is 0 Å². The smallest absolute Gasteiger partial charge is 0.236 e. The van der Waals surface area contributed by atoms with Crippen molar-refractivity contribution >= 4 is 5.91 Å². The van der Waals surface area contributed by atoms with Crippen molar-refractivity contribution in [1.82, 2.24) is 14.7 Å². The average molecular weight is 315 g/mol. The molecule has 4 nitrogen and oxygen atoms in total. The molecule has 1 amide bonds. The van der Waals surface area contributed by atoms with E-state index in [1.54, 1.807) is 0 Å². The predicted molar refractivity (Wildman–Crippen MR) is 93.1 cm³/mol. The van der Waals surface area contributed by atoms with E-state index < -0.39 is 0 Å². The van der Waals surface area contributed by atoms with Crippen LogP contribution in [-0.2, 0) is 11.3 Å². The predicted octanol–water partition coefficient (Wildman–Crippen LogP) is 2.06. The van der Waals surface area contributed by atoms with Gasteiger partial charge in [-0.2, -0.15) is 0 Å². The summed E-state index contributed by atoms with van der Waals surface area (Å²) in [6, 6.07) is 11.0. The molecule has 0 N–H and O–H groups in total. The quantitative estimate of drug-likeness (QED) is 0.804. The molecule has 0 aromatic heterocycles. The highest BCUT2D eigenvalue weighted by molar-refractivity contribution is 5.78. The first kappa shape index (κ1) is 16.5. The molecule has 1 aromatic rings. The summed E-state index contributed by atoms with van der Waals surface area (Å²) in [7, 11) is 1.97. The summed E-state index contributed by atoms with van der Waals surface area (Å²) in [5, 5.41) is 0. The molecule has 4 heteroatoms. The summed E-state index contributed by atoms with van der Waals surface area (Å²) in [5.74, 6) is 1.02. The summed E-state index contributed by atoms with van der Waals surface area (Å²) in [4.78, 5) is 19.2. The van der Waals surface area contributed by atoms with Gasteiger partial charge in [0.1, 0.15) is 0 Å². The maximum absolute atomic E-state index is 12.4. The van der Waals surface area contributed by atoms with Crippen LogP contribution >= 0.6 is 0 Å². The number of amides is 1. The van der Waals surface area contributed by atoms with Gasteiger partial charge in [-0.25, -0.2) is 0 Å². The lowest BCUT2D eigenvalue weighted by Gasteiger charge is -2.35. The van der Waals surface area contributed by atoms with Crippen molar-refractivity contribution < 1.29 is 4.79 Å². The molecule has 1 saturated carbocycles. The number of nitrogens with zero attached hydrogens (tertiary/aromatic N) is 3. The maximum Gasteiger partial charge on any atom is 0.236 e. The standard InChI is InChI=1S/C19H29N3O/c1-16(18-8-9-18)20(2)19(23)15-22-12-10-21(11-13-22)14-17-6-4-3-5-7-17/h3-7,16,18H,8-15H2,1-2H3. The third-order valence-electron chi connectivity index (χ3n) is 5.38. The molecule has 3 rings (SSSR count). The Morgan fingerprint density at radius 2 is 1.74 bits per heavy atom. The van der Waals surface area contributed by atoms with Gasteiger partial charge in [-0.1, -0.05) is 30.3 Å². The molecule has 1 saturated heterocycles. The van der Waals surface area contributed by atoms with Crippen LogP contribution in [0.3, 0.4) is 0 Å². The molecule has 0 radical (unpaired) electrons. The largest absolute Gasteiger partial charge is 0.342 e. The Bertz CT molecular complexity index is 507. The minimum atomic E-state index is 0.279. The van der Waals surface area contributed by atoms with Crippen LogP contribution in [-0.4, -0.2) is 66.4 Å². The lowest BCUT2D eigenvalue weighted by atomic mass is 10.2. The monoisotopic (exact) mass is 315 g/mol. The molecule has 1 aliphatic heterocycles. The second-order valence-corrected chi connectivity index (χ2v) is 7.12. The van der Waals surface area contributed by atoms with E-state index >= 15 is 0 Å². The van der Waals surface area contributed by atoms with Gasteiger partial charge in [0.25, 0.3) is 0 Å². The van der Waals surface area contributed by atoms with Crippen LogP contribution in [0.5, 0.6) is 0 Å². The molecule has 0 bridgehead atoms. The van der Waals surface area contributed by atoms with Crippen LogP contribution < -0.4 is 0 Å². The molecule has 1 atom stereocenters. The summed E-state index contributed by atoms with van der Waals surface area (Å²) in [6.07, 6.45) is 2.58. The van der Waals surface area contributed by atoms with Gasteiger partial charge in [0.05, 0.1) is 6.54 Å². The summed E-state index contributed by atoms with van der Waals surface area (Å²) >= 11 is 0. The van der Waals surface area contributed by atoms with E-state index in [-0.39, 0.29) is 5.91 Å². The molecule has 23 heavy (non-hydrogen) atoms. The van der Waals surface area contributed by atoms with Gasteiger partial charge < -0.3 is 4.90 Å². The fraction of sp³-hybridized carbons (Fsp3) is 0.632. The number of hydrogen-bond acceptors (Lipinski definition) is 3. The van der Waals surface area contributed by atoms with Gasteiger partial charge in [0.15, 0.2) is 0 Å². The fourth-order valence-corrected chi connectivity index (χ4v) is 3.37. The molecule has 0 spiro atoms. The molecule has 1 aromatic carbocycles. The van der Waals surface area contributed by atoms with E-state index in [2.05, 4.69) is 47.1 Å². The minimum absolute atomic E-state index is 0.279. The summed E-state index contributed by atoms with van der Waals surface area (Å²) in [5.41, 5.74) is 1.37. The highest BCUT2D eigenvalue weighted by Gasteiger charge is 2.33. The molecule has 126 valence electrons. The van der Waals surface area contributed by atoms with Crippen LogP contribution in [0, 0.1) is 5.92 Å². The average Bonchev–Trinajstić information content (AvgIpc) is 3.41. The first-order chi connectivity index (χ1) is 11.1. The zero-order valence-electron chi connectivity index (χ0n) is 14.4. The Hall–Kier alpha value is -1.39. The first-order valence-corrected chi connectivity index (χ1v) is 8.88. The van der Waals surface area contributed by atoms with E-state index in [1.165, 1.54) is 18.4 Å². The molecule has 1 unspecified atom stereocenters. The van der Waals surface area contributed by atoms with Gasteiger partial charge in [0, 0.05) is 45.8 Å². The Labute approximate surface area is 140 Å². The fourth-order valence-electron chi connectivity index (χ4n) is 3.37. The van der Waals surface area contributed by atoms with Crippen LogP contribution in [0.4, 0.5) is 0 Å². The Morgan fingerprint density at radius 1 is 1.13 bits per heavy atom. The topological polar surface area (TPSA) is 26.8 Å². The van der Waals surface area contributed by atoms with E-state index in [4.69, 9.17) is 0 Å². The Balaban J connectivity index is 1.41. The third-order valence-corrected chi connectivity index (χ3v) is 5.38. The molecule has 1 heterocycles. The van der Waals surface area contributed by atoms with E-state index in [0.29, 0.717) is 12.6 Å². The lowest BCUT2D eigenvalue weighted by molar-refractivity contribution is -0.133. The summed E-state index contributed by atoms with van der Waals surface area (Å²) in [6.45, 7) is 7.85. The van der Waals surface area contributed by atoms with Crippen molar-refractivity contribution in [3.63, 3.8) is 0 Å². The molecular weight excluding hydrogens is 286 g/mol. The SMILES string of the molecule is CC(C1CC1)N(C)C(=O)CN1CCN(Cc2ccccc2)CC1. The zero-order valence-corrected chi connectivity index (χ0v) is 14.4. The lowest BCUT2D eigenvalue weighted by Crippen LogP contribution is -2.50. The Kier molecular flexibility index (Phi) is 5.34. The van der Waals surface area contributed by atoms with Gasteiger partial charge in [-0.05, 0) is 31.2 Å². The minimum Gasteiger partial charge on any atom is -0.342 e. The molecule has 1 aliphatic carbocycles. The number of hydrogen-bond donors (Lipinski definition) is 0. The van der Waals surface area contributed by atoms with Crippen molar-refractivity contribution in [3.05, 3.63) is 35.9 Å². The second kappa shape index (κ2) is 7.45. The normalized spacial score (nSPS) is 21.1. The summed E-state index contributed by atoms with van der Waals surface area (Å²) < 4.78 is 0. The molecule has 2 fully saturated rings. The number of carbonyl (C=O) groups is 1. The number of benzene rings is 1. The van der Waals surface area contributed by atoms with Crippen LogP contribution in [0.2, 0.25) is 0 Å². The van der Waals surface area contributed by atoms with Crippen LogP contribution in [0.15, 0.2) is 30.3 Å². The van der Waals surface area contributed by atoms with Gasteiger partial charge in [-0.3, -0.25) is 14.6 Å². The van der Waals surface area contributed by atoms with Gasteiger partial charge in [0.2, 0.25) is 5.91 Å². The van der Waals surface area contributed by atoms with Crippen LogP contribution in [0.25, 0.3) is 0 Å². The maximum atomic E-state index is 12.4. The van der Waals surface area contributed by atoms with E-state index in [9.17, 15) is 4.79 Å². The second-order valence-electron chi connectivity index (χ2n) is 7.12. The van der Waals surface area contributed by atoms with Gasteiger partial charge in [-0.15, -0.1) is 0 Å². The highest BCUT2D eigenvalue weighted by Crippen LogP contribution is 2.34. The molecular formula is C19H29N3O. The van der Waals surface area contributed by atoms with Crippen molar-refractivity contribution in [2.45, 2.75) is 32.4 Å². The van der Waals surface area contributed by atoms with Crippen LogP contribution in [0.1, 0.15) is 25.3 Å². The third kappa shape index (κ3) is 4.55. The number of likely N-dealkylation sites (N-methyl/N-ethyl adjacent to an activating group) is 1. The van der Waals surface area contributed by atoms with Crippen molar-refractivity contribution in [2.24, 2.45) is 5.92 Å². The number of rotatable bonds is 6. The highest BCUT2D eigenvalue weighted by atomic mass is 16.2. The van der Waals surface area contributed by atoms with Crippen molar-refractivity contribution in [3.8, 4) is 0 Å². The zero-order chi connectivity index (χ0) is 16.2. The van der Waals surface area contributed by atoms with E-state index in [1.807, 2.05) is 11.9 Å². The molecule has 2 aliphatic rings. The van der Waals surface area contributed by atoms with Crippen molar-refractivity contribution in [2.75, 3.05) is 39.8 Å². The van der Waals surface area contributed by atoms with E-state index in [0.717, 1.165) is 38.6 Å². The Morgan fingerprint density at radius 3 is 2.35 bits per heavy atom. The first-order valence-electron chi connectivity index (χ1n) is 8.88.